The van der Waals surface area contributed by atoms with E-state index in [1.165, 1.54) is 24.3 Å². The van der Waals surface area contributed by atoms with Gasteiger partial charge in [-0.25, -0.2) is 13.2 Å². The van der Waals surface area contributed by atoms with Crippen LogP contribution in [0.2, 0.25) is 0 Å². The summed E-state index contributed by atoms with van der Waals surface area (Å²) in [7, 11) is -3.27. The molecule has 0 fully saturated rings. The zero-order chi connectivity index (χ0) is 10.8. The highest BCUT2D eigenvalue weighted by Crippen LogP contribution is 2.10. The second kappa shape index (κ2) is 3.77. The molecule has 0 radical (unpaired) electrons. The summed E-state index contributed by atoms with van der Waals surface area (Å²) in [6.07, 6.45) is 1.06. The highest BCUT2D eigenvalue weighted by atomic mass is 32.2. The normalized spacial score (nSPS) is 11.0. The van der Waals surface area contributed by atoms with Gasteiger partial charge < -0.3 is 0 Å². The van der Waals surface area contributed by atoms with Crippen LogP contribution in [-0.2, 0) is 14.7 Å². The van der Waals surface area contributed by atoms with Crippen molar-refractivity contribution in [2.75, 3.05) is 6.26 Å². The molecule has 0 saturated carbocycles. The van der Waals surface area contributed by atoms with Crippen LogP contribution in [0.3, 0.4) is 0 Å². The lowest BCUT2D eigenvalue weighted by Crippen LogP contribution is -2.02. The molecule has 0 bridgehead atoms. The van der Waals surface area contributed by atoms with Gasteiger partial charge in [0.15, 0.2) is 9.84 Å². The molecule has 6 heteroatoms. The van der Waals surface area contributed by atoms with Gasteiger partial charge in [0.05, 0.1) is 10.5 Å². The number of rotatable bonds is 2. The third-order valence-corrected chi connectivity index (χ3v) is 2.73. The molecule has 0 aliphatic rings. The van der Waals surface area contributed by atoms with Crippen LogP contribution in [0, 0.1) is 0 Å². The minimum absolute atomic E-state index is 0.0832. The van der Waals surface area contributed by atoms with Gasteiger partial charge in [-0.15, -0.1) is 0 Å². The molecule has 0 heterocycles. The monoisotopic (exact) mass is 216 g/mol. The SMILES string of the molecule is CS(=O)(=O)c1ccc(C(=O)OO)cc1. The van der Waals surface area contributed by atoms with Crippen molar-refractivity contribution < 1.29 is 23.4 Å². The van der Waals surface area contributed by atoms with Crippen LogP contribution >= 0.6 is 0 Å². The Bertz CT molecular complexity index is 431. The third kappa shape index (κ3) is 2.30. The van der Waals surface area contributed by atoms with E-state index in [4.69, 9.17) is 5.26 Å². The van der Waals surface area contributed by atoms with Crippen LogP contribution in [0.5, 0.6) is 0 Å². The first-order chi connectivity index (χ1) is 6.45. The minimum atomic E-state index is -3.27. The van der Waals surface area contributed by atoms with Crippen molar-refractivity contribution in [3.63, 3.8) is 0 Å². The number of sulfone groups is 1. The van der Waals surface area contributed by atoms with E-state index >= 15 is 0 Å². The van der Waals surface area contributed by atoms with E-state index in [0.717, 1.165) is 6.26 Å². The molecule has 1 aromatic rings. The molecule has 0 aromatic heterocycles. The van der Waals surface area contributed by atoms with Crippen molar-refractivity contribution in [3.05, 3.63) is 29.8 Å². The van der Waals surface area contributed by atoms with Crippen molar-refractivity contribution in [2.45, 2.75) is 4.90 Å². The van der Waals surface area contributed by atoms with E-state index in [-0.39, 0.29) is 10.5 Å². The fourth-order valence-electron chi connectivity index (χ4n) is 0.891. The predicted octanol–water partition coefficient (Wildman–Crippen LogP) is 0.720. The molecule has 0 spiro atoms. The van der Waals surface area contributed by atoms with Crippen LogP contribution in [0.1, 0.15) is 10.4 Å². The van der Waals surface area contributed by atoms with E-state index < -0.39 is 15.8 Å². The third-order valence-electron chi connectivity index (χ3n) is 1.60. The Balaban J connectivity index is 3.07. The van der Waals surface area contributed by atoms with Crippen LogP contribution in [0.15, 0.2) is 29.2 Å². The predicted molar refractivity (Wildman–Crippen MR) is 47.6 cm³/mol. The Kier molecular flexibility index (Phi) is 2.87. The molecular formula is C8H8O5S. The fraction of sp³-hybridized carbons (Fsp3) is 0.125. The highest BCUT2D eigenvalue weighted by Gasteiger charge is 2.10. The fourth-order valence-corrected chi connectivity index (χ4v) is 1.52. The van der Waals surface area contributed by atoms with Crippen LogP contribution < -0.4 is 0 Å². The second-order valence-corrected chi connectivity index (χ2v) is 4.69. The lowest BCUT2D eigenvalue weighted by Gasteiger charge is -1.99. The van der Waals surface area contributed by atoms with Gasteiger partial charge in [0, 0.05) is 6.26 Å². The summed E-state index contributed by atoms with van der Waals surface area (Å²) in [6.45, 7) is 0. The van der Waals surface area contributed by atoms with Crippen molar-refractivity contribution >= 4 is 15.8 Å². The largest absolute Gasteiger partial charge is 0.372 e. The van der Waals surface area contributed by atoms with Crippen LogP contribution in [-0.4, -0.2) is 25.9 Å². The van der Waals surface area contributed by atoms with Gasteiger partial charge in [0.1, 0.15) is 0 Å². The van der Waals surface area contributed by atoms with Crippen molar-refractivity contribution in [1.82, 2.24) is 0 Å². The van der Waals surface area contributed by atoms with Crippen LogP contribution in [0.25, 0.3) is 0 Å². The van der Waals surface area contributed by atoms with E-state index in [2.05, 4.69) is 4.89 Å². The summed E-state index contributed by atoms with van der Waals surface area (Å²) in [4.78, 5) is 14.3. The Morgan fingerprint density at radius 1 is 1.29 bits per heavy atom. The van der Waals surface area contributed by atoms with Gasteiger partial charge in [0.2, 0.25) is 0 Å². The summed E-state index contributed by atoms with van der Waals surface area (Å²) in [5.41, 5.74) is 0.0832. The van der Waals surface area contributed by atoms with Crippen LogP contribution in [0.4, 0.5) is 0 Å². The van der Waals surface area contributed by atoms with Gasteiger partial charge in [-0.05, 0) is 24.3 Å². The maximum Gasteiger partial charge on any atom is 0.372 e. The average Bonchev–Trinajstić information content (AvgIpc) is 2.15. The van der Waals surface area contributed by atoms with Gasteiger partial charge >= 0.3 is 5.97 Å². The number of hydrogen-bond donors (Lipinski definition) is 1. The molecule has 5 nitrogen and oxygen atoms in total. The molecule has 1 N–H and O–H groups in total. The van der Waals surface area contributed by atoms with E-state index in [1.54, 1.807) is 0 Å². The van der Waals surface area contributed by atoms with E-state index in [0.29, 0.717) is 0 Å². The number of benzene rings is 1. The number of hydrogen-bond acceptors (Lipinski definition) is 5. The summed E-state index contributed by atoms with van der Waals surface area (Å²) in [5, 5.41) is 8.05. The van der Waals surface area contributed by atoms with E-state index in [1.807, 2.05) is 0 Å². The maximum absolute atomic E-state index is 11.0. The molecule has 0 aliphatic carbocycles. The topological polar surface area (TPSA) is 80.7 Å². The maximum atomic E-state index is 11.0. The Hall–Kier alpha value is -1.40. The molecule has 0 aliphatic heterocycles. The van der Waals surface area contributed by atoms with Gasteiger partial charge in [-0.2, -0.15) is 5.26 Å². The first-order valence-corrected chi connectivity index (χ1v) is 5.50. The molecule has 0 saturated heterocycles. The van der Waals surface area contributed by atoms with Gasteiger partial charge in [-0.3, -0.25) is 4.89 Å². The quantitative estimate of drug-likeness (QED) is 0.582. The summed E-state index contributed by atoms with van der Waals surface area (Å²) < 4.78 is 22.0. The molecule has 1 rings (SSSR count). The molecular weight excluding hydrogens is 208 g/mol. The Morgan fingerprint density at radius 3 is 2.14 bits per heavy atom. The zero-order valence-corrected chi connectivity index (χ0v) is 8.11. The summed E-state index contributed by atoms with van der Waals surface area (Å²) >= 11 is 0. The number of carbonyl (C=O) groups excluding carboxylic acids is 1. The molecule has 14 heavy (non-hydrogen) atoms. The first kappa shape index (κ1) is 10.7. The van der Waals surface area contributed by atoms with E-state index in [9.17, 15) is 13.2 Å². The Morgan fingerprint density at radius 2 is 1.79 bits per heavy atom. The standard InChI is InChI=1S/C8H8O5S/c1-14(11,12)7-4-2-6(3-5-7)8(9)13-10/h2-5,10H,1H3. The van der Waals surface area contributed by atoms with Crippen molar-refractivity contribution in [2.24, 2.45) is 0 Å². The first-order valence-electron chi connectivity index (χ1n) is 3.61. The smallest absolute Gasteiger partial charge is 0.296 e. The highest BCUT2D eigenvalue weighted by molar-refractivity contribution is 7.90. The lowest BCUT2D eigenvalue weighted by molar-refractivity contribution is -0.182. The summed E-state index contributed by atoms with van der Waals surface area (Å²) in [6, 6.07) is 5.05. The lowest BCUT2D eigenvalue weighted by atomic mass is 10.2. The van der Waals surface area contributed by atoms with Gasteiger partial charge in [-0.1, -0.05) is 0 Å². The second-order valence-electron chi connectivity index (χ2n) is 2.68. The zero-order valence-electron chi connectivity index (χ0n) is 7.30. The van der Waals surface area contributed by atoms with Crippen molar-refractivity contribution in [3.8, 4) is 0 Å². The minimum Gasteiger partial charge on any atom is -0.296 e. The molecule has 76 valence electrons. The molecule has 0 unspecified atom stereocenters. The van der Waals surface area contributed by atoms with Gasteiger partial charge in [0.25, 0.3) is 0 Å². The molecule has 0 amide bonds. The summed E-state index contributed by atoms with van der Waals surface area (Å²) in [5.74, 6) is -0.926. The van der Waals surface area contributed by atoms with Crippen molar-refractivity contribution in [1.29, 1.82) is 0 Å². The molecule has 1 aromatic carbocycles. The average molecular weight is 216 g/mol. The Labute approximate surface area is 80.8 Å². The molecule has 0 atom stereocenters. The number of carbonyl (C=O) groups is 1.